The number of carbonyl (C=O) groups excluding carboxylic acids is 2. The number of alkyl halides is 6. The molecule has 2 heterocycles. The summed E-state index contributed by atoms with van der Waals surface area (Å²) in [5, 5.41) is 13.8. The number of esters is 1. The Morgan fingerprint density at radius 3 is 2.11 bits per heavy atom. The zero-order chi connectivity index (χ0) is 32.4. The molecule has 0 unspecified atom stereocenters. The Bertz CT molecular complexity index is 1500. The first-order chi connectivity index (χ1) is 20.5. The van der Waals surface area contributed by atoms with Crippen LogP contribution in [0.15, 0.2) is 54.7 Å². The summed E-state index contributed by atoms with van der Waals surface area (Å²) in [6.45, 7) is 3.27. The summed E-state index contributed by atoms with van der Waals surface area (Å²) in [5.74, 6) is -1.38. The highest BCUT2D eigenvalue weighted by molar-refractivity contribution is 6.01. The molecule has 0 radical (unpaired) electrons. The van der Waals surface area contributed by atoms with Crippen LogP contribution in [0.4, 0.5) is 32.2 Å². The number of carbonyl (C=O) groups is 2. The van der Waals surface area contributed by atoms with Crippen LogP contribution in [0.25, 0.3) is 11.1 Å². The second-order valence-electron chi connectivity index (χ2n) is 10.8. The molecular weight excluding hydrogens is 592 g/mol. The van der Waals surface area contributed by atoms with E-state index >= 15 is 0 Å². The average Bonchev–Trinajstić information content (AvgIpc) is 2.96. The summed E-state index contributed by atoms with van der Waals surface area (Å²) in [7, 11) is 1.26. The van der Waals surface area contributed by atoms with E-state index < -0.39 is 46.5 Å². The number of benzene rings is 2. The lowest BCUT2D eigenvalue weighted by Gasteiger charge is -2.45. The van der Waals surface area contributed by atoms with Gasteiger partial charge >= 0.3 is 18.3 Å². The predicted molar refractivity (Wildman–Crippen MR) is 151 cm³/mol. The van der Waals surface area contributed by atoms with Gasteiger partial charge in [-0.2, -0.15) is 26.3 Å². The maximum Gasteiger partial charge on any atom is 0.416 e. The van der Waals surface area contributed by atoms with Gasteiger partial charge in [0.1, 0.15) is 0 Å². The minimum Gasteiger partial charge on any atom is -0.626 e. The molecule has 1 fully saturated rings. The van der Waals surface area contributed by atoms with Gasteiger partial charge in [-0.3, -0.25) is 9.59 Å². The van der Waals surface area contributed by atoms with Crippen molar-refractivity contribution in [2.24, 2.45) is 5.92 Å². The third kappa shape index (κ3) is 7.21. The van der Waals surface area contributed by atoms with Gasteiger partial charge in [0.15, 0.2) is 0 Å². The molecule has 0 N–H and O–H groups in total. The summed E-state index contributed by atoms with van der Waals surface area (Å²) in [4.78, 5) is 31.1. The van der Waals surface area contributed by atoms with Crippen LogP contribution in [-0.2, 0) is 28.4 Å². The molecule has 0 saturated carbocycles. The van der Waals surface area contributed by atoms with Gasteiger partial charge in [0.2, 0.25) is 5.82 Å². The van der Waals surface area contributed by atoms with Crippen LogP contribution in [0.2, 0.25) is 0 Å². The van der Waals surface area contributed by atoms with Gasteiger partial charge in [-0.05, 0) is 48.7 Å². The first-order valence-electron chi connectivity index (χ1n) is 13.9. The number of quaternary nitrogens is 1. The molecule has 1 saturated heterocycles. The standard InChI is InChI=1S/C31H31F6N3O4/c1-4-44-29(42)21-9-11-40(43,12-10-21)27-16-25(24-8-6-5-7-19(24)2)26(17-38-27)28(41)39(3)18-20-13-22(30(32,33)34)15-23(14-20)31(35,36)37/h5-8,13-17,21H,4,9-12,18H2,1-3H3. The molecule has 3 aromatic rings. The Morgan fingerprint density at radius 1 is 0.977 bits per heavy atom. The number of amides is 1. The van der Waals surface area contributed by atoms with E-state index in [4.69, 9.17) is 4.74 Å². The number of nitrogens with zero attached hydrogens (tertiary/aromatic N) is 3. The molecule has 13 heteroatoms. The number of aryl methyl sites for hydroxylation is 1. The summed E-state index contributed by atoms with van der Waals surface area (Å²) >= 11 is 0. The Hall–Kier alpha value is -3.97. The number of pyridine rings is 1. The Balaban J connectivity index is 1.69. The summed E-state index contributed by atoms with van der Waals surface area (Å²) in [6.07, 6.45) is -8.29. The summed E-state index contributed by atoms with van der Waals surface area (Å²) in [6, 6.07) is 9.71. The molecule has 1 aliphatic heterocycles. The molecule has 2 aromatic carbocycles. The van der Waals surface area contributed by atoms with Crippen LogP contribution in [0.3, 0.4) is 0 Å². The normalized spacial score (nSPS) is 19.0. The molecule has 1 amide bonds. The molecular formula is C31H31F6N3O4. The SMILES string of the molecule is CCOC(=O)C1CC[N+]([O-])(c2cc(-c3ccccc3C)c(C(=O)N(C)Cc3cc(C(F)(F)F)cc(C(F)(F)F)c3)cn2)CC1. The van der Waals surface area contributed by atoms with E-state index in [1.165, 1.54) is 19.3 Å². The first-order valence-corrected chi connectivity index (χ1v) is 13.9. The maximum atomic E-state index is 13.8. The second-order valence-corrected chi connectivity index (χ2v) is 10.8. The molecule has 7 nitrogen and oxygen atoms in total. The van der Waals surface area contributed by atoms with Gasteiger partial charge < -0.3 is 19.5 Å². The van der Waals surface area contributed by atoms with Gasteiger partial charge in [-0.25, -0.2) is 4.98 Å². The van der Waals surface area contributed by atoms with Crippen molar-refractivity contribution in [3.05, 3.63) is 87.8 Å². The molecule has 44 heavy (non-hydrogen) atoms. The number of ether oxygens (including phenoxy) is 1. The fourth-order valence-corrected chi connectivity index (χ4v) is 5.31. The number of aromatic nitrogens is 1. The van der Waals surface area contributed by atoms with Crippen molar-refractivity contribution in [2.45, 2.75) is 45.6 Å². The number of piperidine rings is 1. The maximum absolute atomic E-state index is 13.8. The van der Waals surface area contributed by atoms with Crippen LogP contribution >= 0.6 is 0 Å². The number of halogens is 6. The van der Waals surface area contributed by atoms with Crippen LogP contribution < -0.4 is 4.65 Å². The summed E-state index contributed by atoms with van der Waals surface area (Å²) < 4.78 is 84.6. The van der Waals surface area contributed by atoms with Crippen molar-refractivity contribution in [3.8, 4) is 11.1 Å². The number of hydrogen-bond acceptors (Lipinski definition) is 5. The number of hydroxylamine groups is 2. The highest BCUT2D eigenvalue weighted by Gasteiger charge is 2.38. The van der Waals surface area contributed by atoms with E-state index in [0.29, 0.717) is 23.3 Å². The lowest BCUT2D eigenvalue weighted by molar-refractivity contribution is -0.149. The lowest BCUT2D eigenvalue weighted by Crippen LogP contribution is -2.51. The smallest absolute Gasteiger partial charge is 0.416 e. The zero-order valence-electron chi connectivity index (χ0n) is 24.3. The van der Waals surface area contributed by atoms with Crippen LogP contribution in [0.1, 0.15) is 52.4 Å². The van der Waals surface area contributed by atoms with E-state index in [0.717, 1.165) is 10.5 Å². The van der Waals surface area contributed by atoms with Gasteiger partial charge in [0, 0.05) is 44.3 Å². The van der Waals surface area contributed by atoms with E-state index in [1.807, 2.05) is 0 Å². The monoisotopic (exact) mass is 623 g/mol. The number of hydrogen-bond donors (Lipinski definition) is 0. The molecule has 0 spiro atoms. The fraction of sp³-hybridized carbons (Fsp3) is 0.387. The molecule has 0 bridgehead atoms. The van der Waals surface area contributed by atoms with Crippen molar-refractivity contribution in [1.82, 2.24) is 14.5 Å². The quantitative estimate of drug-likeness (QED) is 0.121. The fourth-order valence-electron chi connectivity index (χ4n) is 5.31. The molecule has 1 aliphatic rings. The predicted octanol–water partition coefficient (Wildman–Crippen LogP) is 7.15. The van der Waals surface area contributed by atoms with Crippen molar-refractivity contribution in [2.75, 3.05) is 26.7 Å². The minimum absolute atomic E-state index is 0.0154. The highest BCUT2D eigenvalue weighted by Crippen LogP contribution is 2.38. The topological polar surface area (TPSA) is 82.6 Å². The molecule has 4 rings (SSSR count). The van der Waals surface area contributed by atoms with E-state index in [9.17, 15) is 41.1 Å². The minimum atomic E-state index is -5.03. The molecule has 1 aromatic heterocycles. The summed E-state index contributed by atoms with van der Waals surface area (Å²) in [5.41, 5.74) is -1.62. The molecule has 236 valence electrons. The van der Waals surface area contributed by atoms with E-state index in [2.05, 4.69) is 4.98 Å². The van der Waals surface area contributed by atoms with E-state index in [-0.39, 0.29) is 61.5 Å². The van der Waals surface area contributed by atoms with Crippen molar-refractivity contribution < 1.29 is 40.7 Å². The Labute approximate surface area is 250 Å². The zero-order valence-corrected chi connectivity index (χ0v) is 24.3. The Morgan fingerprint density at radius 2 is 1.57 bits per heavy atom. The van der Waals surface area contributed by atoms with Gasteiger partial charge in [0.25, 0.3) is 5.91 Å². The third-order valence-corrected chi connectivity index (χ3v) is 7.68. The van der Waals surface area contributed by atoms with E-state index in [1.54, 1.807) is 38.1 Å². The third-order valence-electron chi connectivity index (χ3n) is 7.68. The van der Waals surface area contributed by atoms with Crippen molar-refractivity contribution in [3.63, 3.8) is 0 Å². The average molecular weight is 624 g/mol. The second kappa shape index (κ2) is 12.6. The van der Waals surface area contributed by atoms with Gasteiger partial charge in [-0.15, -0.1) is 0 Å². The van der Waals surface area contributed by atoms with Crippen LogP contribution in [-0.4, -0.2) is 48.5 Å². The van der Waals surface area contributed by atoms with Crippen molar-refractivity contribution in [1.29, 1.82) is 0 Å². The number of rotatable bonds is 7. The van der Waals surface area contributed by atoms with Gasteiger partial charge in [-0.1, -0.05) is 24.3 Å². The molecule has 0 atom stereocenters. The lowest BCUT2D eigenvalue weighted by atomic mass is 9.94. The highest BCUT2D eigenvalue weighted by atomic mass is 19.4. The van der Waals surface area contributed by atoms with Crippen LogP contribution in [0, 0.1) is 18.0 Å². The van der Waals surface area contributed by atoms with Crippen LogP contribution in [0.5, 0.6) is 0 Å². The largest absolute Gasteiger partial charge is 0.626 e. The first kappa shape index (κ1) is 32.9. The molecule has 0 aliphatic carbocycles. The van der Waals surface area contributed by atoms with Crippen molar-refractivity contribution >= 4 is 17.7 Å². The van der Waals surface area contributed by atoms with Gasteiger partial charge in [0.05, 0.1) is 42.3 Å². The Kier molecular flexibility index (Phi) is 9.40.